The number of nitrogens with zero attached hydrogens (tertiary/aromatic N) is 4. The molecule has 0 aromatic carbocycles. The second-order valence-electron chi connectivity index (χ2n) is 3.98. The molecule has 0 bridgehead atoms. The zero-order valence-electron chi connectivity index (χ0n) is 10.6. The Morgan fingerprint density at radius 2 is 2.26 bits per heavy atom. The summed E-state index contributed by atoms with van der Waals surface area (Å²) >= 11 is 0. The van der Waals surface area contributed by atoms with Crippen molar-refractivity contribution in [1.82, 2.24) is 14.8 Å². The van der Waals surface area contributed by atoms with Gasteiger partial charge in [0, 0.05) is 11.9 Å². The third-order valence-corrected chi connectivity index (χ3v) is 2.48. The summed E-state index contributed by atoms with van der Waals surface area (Å²) in [5.74, 6) is 0.0661. The fourth-order valence-corrected chi connectivity index (χ4v) is 1.67. The van der Waals surface area contributed by atoms with Gasteiger partial charge in [0.1, 0.15) is 6.07 Å². The highest BCUT2D eigenvalue weighted by Gasteiger charge is 2.09. The zero-order valence-corrected chi connectivity index (χ0v) is 10.6. The molecule has 0 aliphatic carbocycles. The Kier molecular flexibility index (Phi) is 3.57. The number of rotatable bonds is 3. The van der Waals surface area contributed by atoms with Gasteiger partial charge in [-0.2, -0.15) is 10.4 Å². The predicted octanol–water partition coefficient (Wildman–Crippen LogP) is 1.56. The standard InChI is InChI=1S/C13H12N4O2/c1-9-7-10(2)17(16-9)12-4-3-11(8-15-12)13(18)19-6-5-14/h3-4,7-8H,6H2,1-2H3. The minimum atomic E-state index is -0.561. The Bertz CT molecular complexity index is 638. The molecule has 0 atom stereocenters. The van der Waals surface area contributed by atoms with Crippen LogP contribution in [0.4, 0.5) is 0 Å². The Hall–Kier alpha value is -2.68. The lowest BCUT2D eigenvalue weighted by Crippen LogP contribution is -2.07. The normalized spacial score (nSPS) is 9.95. The monoisotopic (exact) mass is 256 g/mol. The Morgan fingerprint density at radius 3 is 2.79 bits per heavy atom. The van der Waals surface area contributed by atoms with E-state index in [2.05, 4.69) is 14.8 Å². The van der Waals surface area contributed by atoms with Crippen LogP contribution in [0.5, 0.6) is 0 Å². The molecule has 2 rings (SSSR count). The van der Waals surface area contributed by atoms with Crippen LogP contribution < -0.4 is 0 Å². The molecule has 0 fully saturated rings. The first-order chi connectivity index (χ1) is 9.11. The maximum absolute atomic E-state index is 11.5. The largest absolute Gasteiger partial charge is 0.447 e. The summed E-state index contributed by atoms with van der Waals surface area (Å²) in [4.78, 5) is 15.7. The van der Waals surface area contributed by atoms with E-state index in [4.69, 9.17) is 5.26 Å². The Balaban J connectivity index is 2.22. The fraction of sp³-hybridized carbons (Fsp3) is 0.231. The average molecular weight is 256 g/mol. The summed E-state index contributed by atoms with van der Waals surface area (Å²) in [6.45, 7) is 3.56. The number of hydrogen-bond donors (Lipinski definition) is 0. The van der Waals surface area contributed by atoms with Crippen molar-refractivity contribution < 1.29 is 9.53 Å². The number of nitriles is 1. The lowest BCUT2D eigenvalue weighted by Gasteiger charge is -2.04. The van der Waals surface area contributed by atoms with E-state index in [1.807, 2.05) is 19.9 Å². The molecular weight excluding hydrogens is 244 g/mol. The summed E-state index contributed by atoms with van der Waals surface area (Å²) in [6, 6.07) is 6.96. The van der Waals surface area contributed by atoms with Crippen LogP contribution in [-0.2, 0) is 4.74 Å². The molecule has 0 unspecified atom stereocenters. The van der Waals surface area contributed by atoms with Gasteiger partial charge in [-0.05, 0) is 32.0 Å². The lowest BCUT2D eigenvalue weighted by molar-refractivity contribution is 0.0554. The van der Waals surface area contributed by atoms with Gasteiger partial charge in [-0.1, -0.05) is 0 Å². The highest BCUT2D eigenvalue weighted by atomic mass is 16.5. The van der Waals surface area contributed by atoms with E-state index >= 15 is 0 Å². The Morgan fingerprint density at radius 1 is 1.47 bits per heavy atom. The van der Waals surface area contributed by atoms with Crippen LogP contribution in [0.1, 0.15) is 21.7 Å². The van der Waals surface area contributed by atoms with Gasteiger partial charge in [-0.3, -0.25) is 0 Å². The lowest BCUT2D eigenvalue weighted by atomic mass is 10.3. The molecule has 6 heteroatoms. The van der Waals surface area contributed by atoms with Crippen LogP contribution in [0.15, 0.2) is 24.4 Å². The molecule has 0 saturated carbocycles. The molecular formula is C13H12N4O2. The van der Waals surface area contributed by atoms with Gasteiger partial charge in [0.15, 0.2) is 12.4 Å². The summed E-state index contributed by atoms with van der Waals surface area (Å²) in [5.41, 5.74) is 2.17. The molecule has 0 aliphatic heterocycles. The maximum Gasteiger partial charge on any atom is 0.340 e. The van der Waals surface area contributed by atoms with Crippen LogP contribution in [0.2, 0.25) is 0 Å². The third-order valence-electron chi connectivity index (χ3n) is 2.48. The van der Waals surface area contributed by atoms with Gasteiger partial charge >= 0.3 is 5.97 Å². The van der Waals surface area contributed by atoms with E-state index < -0.39 is 5.97 Å². The summed E-state index contributed by atoms with van der Waals surface area (Å²) in [6.07, 6.45) is 1.41. The number of aryl methyl sites for hydroxylation is 2. The third kappa shape index (κ3) is 2.77. The summed E-state index contributed by atoms with van der Waals surface area (Å²) in [5, 5.41) is 12.6. The number of carbonyl (C=O) groups excluding carboxylic acids is 1. The van der Waals surface area contributed by atoms with Crippen molar-refractivity contribution in [2.45, 2.75) is 13.8 Å². The van der Waals surface area contributed by atoms with Crippen molar-refractivity contribution in [2.24, 2.45) is 0 Å². The van der Waals surface area contributed by atoms with Gasteiger partial charge < -0.3 is 4.74 Å². The van der Waals surface area contributed by atoms with Crippen molar-refractivity contribution >= 4 is 5.97 Å². The summed E-state index contributed by atoms with van der Waals surface area (Å²) in [7, 11) is 0. The second-order valence-corrected chi connectivity index (χ2v) is 3.98. The quantitative estimate of drug-likeness (QED) is 0.778. The molecule has 0 amide bonds. The molecule has 0 spiro atoms. The van der Waals surface area contributed by atoms with Crippen LogP contribution in [-0.4, -0.2) is 27.3 Å². The number of hydrogen-bond acceptors (Lipinski definition) is 5. The van der Waals surface area contributed by atoms with Gasteiger partial charge in [0.25, 0.3) is 0 Å². The predicted molar refractivity (Wildman–Crippen MR) is 66.7 cm³/mol. The SMILES string of the molecule is Cc1cc(C)n(-c2ccc(C(=O)OCC#N)cn2)n1. The summed E-state index contributed by atoms with van der Waals surface area (Å²) < 4.78 is 6.38. The minimum Gasteiger partial charge on any atom is -0.447 e. The molecule has 2 aromatic heterocycles. The zero-order chi connectivity index (χ0) is 13.8. The molecule has 0 aliphatic rings. The molecule has 2 aromatic rings. The van der Waals surface area contributed by atoms with E-state index in [1.54, 1.807) is 22.9 Å². The van der Waals surface area contributed by atoms with E-state index in [-0.39, 0.29) is 6.61 Å². The highest BCUT2D eigenvalue weighted by molar-refractivity contribution is 5.89. The molecule has 96 valence electrons. The molecule has 2 heterocycles. The van der Waals surface area contributed by atoms with Gasteiger partial charge in [-0.15, -0.1) is 0 Å². The fourth-order valence-electron chi connectivity index (χ4n) is 1.67. The first-order valence-electron chi connectivity index (χ1n) is 5.65. The van der Waals surface area contributed by atoms with Crippen molar-refractivity contribution in [3.05, 3.63) is 41.3 Å². The van der Waals surface area contributed by atoms with Crippen LogP contribution >= 0.6 is 0 Å². The van der Waals surface area contributed by atoms with Crippen LogP contribution in [0.25, 0.3) is 5.82 Å². The smallest absolute Gasteiger partial charge is 0.340 e. The van der Waals surface area contributed by atoms with Gasteiger partial charge in [0.2, 0.25) is 0 Å². The molecule has 0 N–H and O–H groups in total. The first kappa shape index (κ1) is 12.8. The van der Waals surface area contributed by atoms with E-state index in [0.29, 0.717) is 11.4 Å². The molecule has 0 saturated heterocycles. The number of aromatic nitrogens is 3. The van der Waals surface area contributed by atoms with Gasteiger partial charge in [0.05, 0.1) is 11.3 Å². The number of pyridine rings is 1. The molecule has 6 nitrogen and oxygen atoms in total. The van der Waals surface area contributed by atoms with Crippen molar-refractivity contribution in [3.63, 3.8) is 0 Å². The second kappa shape index (κ2) is 5.31. The average Bonchev–Trinajstić information content (AvgIpc) is 2.75. The number of esters is 1. The van der Waals surface area contributed by atoms with E-state index in [9.17, 15) is 4.79 Å². The number of carbonyl (C=O) groups is 1. The van der Waals surface area contributed by atoms with E-state index in [0.717, 1.165) is 11.4 Å². The minimum absolute atomic E-state index is 0.266. The van der Waals surface area contributed by atoms with Crippen LogP contribution in [0.3, 0.4) is 0 Å². The first-order valence-corrected chi connectivity index (χ1v) is 5.65. The maximum atomic E-state index is 11.5. The molecule has 19 heavy (non-hydrogen) atoms. The number of ether oxygens (including phenoxy) is 1. The van der Waals surface area contributed by atoms with Crippen molar-refractivity contribution in [1.29, 1.82) is 5.26 Å². The van der Waals surface area contributed by atoms with Crippen LogP contribution in [0, 0.1) is 25.2 Å². The van der Waals surface area contributed by atoms with Crippen molar-refractivity contribution in [3.8, 4) is 11.9 Å². The van der Waals surface area contributed by atoms with E-state index in [1.165, 1.54) is 6.20 Å². The highest BCUT2D eigenvalue weighted by Crippen LogP contribution is 2.10. The molecule has 0 radical (unpaired) electrons. The Labute approximate surface area is 110 Å². The van der Waals surface area contributed by atoms with Crippen molar-refractivity contribution in [2.75, 3.05) is 6.61 Å². The van der Waals surface area contributed by atoms with Gasteiger partial charge in [-0.25, -0.2) is 14.5 Å². The topological polar surface area (TPSA) is 80.8 Å².